The Morgan fingerprint density at radius 1 is 1.06 bits per heavy atom. The SMILES string of the molecule is CC.CC.CO.COCC1CCC(OC)O1. The number of methoxy groups -OCH3 is 2. The summed E-state index contributed by atoms with van der Waals surface area (Å²) in [6.45, 7) is 8.68. The van der Waals surface area contributed by atoms with Crippen molar-refractivity contribution in [2.24, 2.45) is 0 Å². The first-order valence-corrected chi connectivity index (χ1v) is 5.98. The molecule has 1 aliphatic rings. The Morgan fingerprint density at radius 2 is 1.56 bits per heavy atom. The molecule has 4 nitrogen and oxygen atoms in total. The maximum Gasteiger partial charge on any atom is 0.157 e. The Hall–Kier alpha value is -0.160. The molecule has 0 aromatic rings. The monoisotopic (exact) mass is 238 g/mol. The summed E-state index contributed by atoms with van der Waals surface area (Å²) in [7, 11) is 4.35. The van der Waals surface area contributed by atoms with Gasteiger partial charge < -0.3 is 19.3 Å². The maximum atomic E-state index is 7.00. The molecule has 0 aromatic carbocycles. The van der Waals surface area contributed by atoms with Crippen LogP contribution in [0.4, 0.5) is 0 Å². The van der Waals surface area contributed by atoms with E-state index in [1.807, 2.05) is 27.7 Å². The summed E-state index contributed by atoms with van der Waals surface area (Å²) < 4.78 is 15.4. The molecule has 0 aliphatic carbocycles. The van der Waals surface area contributed by atoms with Crippen molar-refractivity contribution >= 4 is 0 Å². The van der Waals surface area contributed by atoms with Crippen molar-refractivity contribution < 1.29 is 19.3 Å². The van der Waals surface area contributed by atoms with Gasteiger partial charge in [-0.2, -0.15) is 0 Å². The van der Waals surface area contributed by atoms with Crippen LogP contribution >= 0.6 is 0 Å². The predicted octanol–water partition coefficient (Wildman–Crippen LogP) is 2.45. The lowest BCUT2D eigenvalue weighted by molar-refractivity contribution is -0.125. The second-order valence-electron chi connectivity index (χ2n) is 2.46. The summed E-state index contributed by atoms with van der Waals surface area (Å²) in [6, 6.07) is 0. The standard InChI is InChI=1S/C7H14O3.2C2H6.CH4O/c1-8-5-6-3-4-7(9-2)10-6;3*1-2/h6-7H,3-5H2,1-2H3;2*1-2H3;2H,1H3. The molecule has 4 heteroatoms. The van der Waals surface area contributed by atoms with Crippen LogP contribution in [0.15, 0.2) is 0 Å². The molecule has 0 saturated carbocycles. The predicted molar refractivity (Wildman–Crippen MR) is 67.6 cm³/mol. The number of hydrogen-bond donors (Lipinski definition) is 1. The molecule has 102 valence electrons. The zero-order valence-corrected chi connectivity index (χ0v) is 11.9. The van der Waals surface area contributed by atoms with Gasteiger partial charge in [-0.05, 0) is 6.42 Å². The van der Waals surface area contributed by atoms with Crippen LogP contribution in [0, 0.1) is 0 Å². The van der Waals surface area contributed by atoms with Gasteiger partial charge in [-0.15, -0.1) is 0 Å². The van der Waals surface area contributed by atoms with Crippen molar-refractivity contribution in [3.05, 3.63) is 0 Å². The van der Waals surface area contributed by atoms with Crippen LogP contribution in [0.3, 0.4) is 0 Å². The normalized spacial score (nSPS) is 21.8. The molecule has 16 heavy (non-hydrogen) atoms. The molecule has 1 fully saturated rings. The highest BCUT2D eigenvalue weighted by Gasteiger charge is 2.24. The molecule has 0 radical (unpaired) electrons. The third kappa shape index (κ3) is 11.9. The molecule has 1 rings (SSSR count). The van der Waals surface area contributed by atoms with Crippen molar-refractivity contribution in [2.75, 3.05) is 27.9 Å². The fraction of sp³-hybridized carbons (Fsp3) is 1.00. The van der Waals surface area contributed by atoms with Crippen molar-refractivity contribution in [2.45, 2.75) is 52.9 Å². The summed E-state index contributed by atoms with van der Waals surface area (Å²) in [6.07, 6.45) is 2.28. The molecular weight excluding hydrogens is 208 g/mol. The van der Waals surface area contributed by atoms with Crippen LogP contribution in [-0.4, -0.2) is 45.4 Å². The molecule has 1 N–H and O–H groups in total. The number of aliphatic hydroxyl groups is 1. The van der Waals surface area contributed by atoms with Crippen LogP contribution in [0.5, 0.6) is 0 Å². The van der Waals surface area contributed by atoms with Gasteiger partial charge in [0.1, 0.15) is 0 Å². The smallest absolute Gasteiger partial charge is 0.157 e. The summed E-state index contributed by atoms with van der Waals surface area (Å²) in [5.41, 5.74) is 0. The second kappa shape index (κ2) is 20.3. The first-order chi connectivity index (χ1) is 7.86. The third-order valence-corrected chi connectivity index (χ3v) is 1.68. The Kier molecular flexibility index (Phi) is 26.8. The van der Waals surface area contributed by atoms with Gasteiger partial charge in [0.15, 0.2) is 6.29 Å². The van der Waals surface area contributed by atoms with Gasteiger partial charge in [0.2, 0.25) is 0 Å². The zero-order chi connectivity index (χ0) is 13.4. The van der Waals surface area contributed by atoms with Gasteiger partial charge in [0, 0.05) is 27.8 Å². The average molecular weight is 238 g/mol. The Balaban J connectivity index is -0.000000245. The highest BCUT2D eigenvalue weighted by molar-refractivity contribution is 4.66. The number of aliphatic hydroxyl groups excluding tert-OH is 1. The molecule has 0 amide bonds. The molecule has 1 heterocycles. The fourth-order valence-corrected chi connectivity index (χ4v) is 1.15. The van der Waals surface area contributed by atoms with E-state index in [0.29, 0.717) is 6.61 Å². The van der Waals surface area contributed by atoms with Gasteiger partial charge in [-0.1, -0.05) is 27.7 Å². The van der Waals surface area contributed by atoms with Crippen molar-refractivity contribution in [3.63, 3.8) is 0 Å². The minimum Gasteiger partial charge on any atom is -0.400 e. The van der Waals surface area contributed by atoms with E-state index in [2.05, 4.69) is 0 Å². The molecule has 1 saturated heterocycles. The van der Waals surface area contributed by atoms with Crippen LogP contribution in [0.2, 0.25) is 0 Å². The molecule has 0 bridgehead atoms. The first-order valence-electron chi connectivity index (χ1n) is 5.98. The Morgan fingerprint density at radius 3 is 1.88 bits per heavy atom. The van der Waals surface area contributed by atoms with Crippen LogP contribution < -0.4 is 0 Å². The maximum absolute atomic E-state index is 7.00. The molecule has 2 atom stereocenters. The van der Waals surface area contributed by atoms with Gasteiger partial charge >= 0.3 is 0 Å². The van der Waals surface area contributed by atoms with E-state index in [1.54, 1.807) is 14.2 Å². The number of rotatable bonds is 3. The second-order valence-corrected chi connectivity index (χ2v) is 2.46. The topological polar surface area (TPSA) is 47.9 Å². The summed E-state index contributed by atoms with van der Waals surface area (Å²) in [5, 5.41) is 7.00. The van der Waals surface area contributed by atoms with Crippen molar-refractivity contribution in [1.82, 2.24) is 0 Å². The third-order valence-electron chi connectivity index (χ3n) is 1.68. The lowest BCUT2D eigenvalue weighted by Crippen LogP contribution is -2.16. The van der Waals surface area contributed by atoms with E-state index in [1.165, 1.54) is 0 Å². The van der Waals surface area contributed by atoms with E-state index in [9.17, 15) is 0 Å². The van der Waals surface area contributed by atoms with Crippen molar-refractivity contribution in [3.8, 4) is 0 Å². The first kappa shape index (κ1) is 21.2. The van der Waals surface area contributed by atoms with E-state index in [4.69, 9.17) is 19.3 Å². The lowest BCUT2D eigenvalue weighted by atomic mass is 10.2. The van der Waals surface area contributed by atoms with Gasteiger partial charge in [0.05, 0.1) is 12.7 Å². The minimum absolute atomic E-state index is 0.000139. The zero-order valence-electron chi connectivity index (χ0n) is 11.9. The minimum atomic E-state index is 0.000139. The molecule has 2 unspecified atom stereocenters. The van der Waals surface area contributed by atoms with E-state index in [0.717, 1.165) is 20.0 Å². The van der Waals surface area contributed by atoms with Crippen molar-refractivity contribution in [1.29, 1.82) is 0 Å². The average Bonchev–Trinajstić information content (AvgIpc) is 2.85. The van der Waals surface area contributed by atoms with Gasteiger partial charge in [-0.25, -0.2) is 0 Å². The van der Waals surface area contributed by atoms with Crippen LogP contribution in [0.25, 0.3) is 0 Å². The Labute approximate surface area is 101 Å². The highest BCUT2D eigenvalue weighted by atomic mass is 16.7. The van der Waals surface area contributed by atoms with Crippen LogP contribution in [0.1, 0.15) is 40.5 Å². The number of ether oxygens (including phenoxy) is 3. The van der Waals surface area contributed by atoms with Gasteiger partial charge in [-0.3, -0.25) is 0 Å². The molecular formula is C12H30O4. The van der Waals surface area contributed by atoms with E-state index in [-0.39, 0.29) is 12.4 Å². The van der Waals surface area contributed by atoms with Gasteiger partial charge in [0.25, 0.3) is 0 Å². The van der Waals surface area contributed by atoms with E-state index >= 15 is 0 Å². The fourth-order valence-electron chi connectivity index (χ4n) is 1.15. The molecule has 0 aromatic heterocycles. The molecule has 1 aliphatic heterocycles. The summed E-state index contributed by atoms with van der Waals surface area (Å²) in [4.78, 5) is 0. The quantitative estimate of drug-likeness (QED) is 0.820. The summed E-state index contributed by atoms with van der Waals surface area (Å²) in [5.74, 6) is 0. The number of hydrogen-bond acceptors (Lipinski definition) is 4. The highest BCUT2D eigenvalue weighted by Crippen LogP contribution is 2.19. The summed E-state index contributed by atoms with van der Waals surface area (Å²) >= 11 is 0. The van der Waals surface area contributed by atoms with Crippen LogP contribution in [-0.2, 0) is 14.2 Å². The molecule has 0 spiro atoms. The lowest BCUT2D eigenvalue weighted by Gasteiger charge is -2.10. The van der Waals surface area contributed by atoms with E-state index < -0.39 is 0 Å². The largest absolute Gasteiger partial charge is 0.400 e. The Bertz CT molecular complexity index is 99.0.